The van der Waals surface area contributed by atoms with E-state index in [1.807, 2.05) is 0 Å². The molecule has 0 aliphatic heterocycles. The van der Waals surface area contributed by atoms with Gasteiger partial charge in [0.15, 0.2) is 0 Å². The van der Waals surface area contributed by atoms with Gasteiger partial charge in [-0.25, -0.2) is 4.79 Å². The van der Waals surface area contributed by atoms with Gasteiger partial charge in [-0.05, 0) is 24.6 Å². The second kappa shape index (κ2) is 2.77. The van der Waals surface area contributed by atoms with Crippen LogP contribution in [0.1, 0.15) is 16.1 Å². The number of aromatic nitrogens is 1. The van der Waals surface area contributed by atoms with E-state index in [4.69, 9.17) is 5.11 Å². The Kier molecular flexibility index (Phi) is 1.70. The third-order valence-electron chi connectivity index (χ3n) is 2.21. The molecule has 4 nitrogen and oxygen atoms in total. The van der Waals surface area contributed by atoms with Crippen molar-refractivity contribution in [1.82, 2.24) is 4.98 Å². The van der Waals surface area contributed by atoms with Crippen molar-refractivity contribution >= 4 is 16.9 Å². The second-order valence-electron chi connectivity index (χ2n) is 3.18. The number of aromatic hydroxyl groups is 1. The Morgan fingerprint density at radius 2 is 2.14 bits per heavy atom. The summed E-state index contributed by atoms with van der Waals surface area (Å²) in [5.74, 6) is -0.899. The summed E-state index contributed by atoms with van der Waals surface area (Å²) in [6.07, 6.45) is 0. The number of benzene rings is 1. The van der Waals surface area contributed by atoms with Crippen LogP contribution in [0.15, 0.2) is 18.2 Å². The van der Waals surface area contributed by atoms with Crippen LogP contribution in [0.2, 0.25) is 0 Å². The average molecular weight is 191 g/mol. The van der Waals surface area contributed by atoms with Crippen LogP contribution in [0.3, 0.4) is 0 Å². The fourth-order valence-electron chi connectivity index (χ4n) is 1.41. The number of carboxylic acids is 1. The van der Waals surface area contributed by atoms with E-state index in [0.717, 1.165) is 5.56 Å². The van der Waals surface area contributed by atoms with E-state index in [1.54, 1.807) is 19.1 Å². The fraction of sp³-hybridized carbons (Fsp3) is 0.100. The maximum Gasteiger partial charge on any atom is 0.352 e. The number of carbonyl (C=O) groups is 1. The molecular formula is C10H9NO3. The highest BCUT2D eigenvalue weighted by Crippen LogP contribution is 2.28. The summed E-state index contributed by atoms with van der Waals surface area (Å²) in [4.78, 5) is 13.4. The van der Waals surface area contributed by atoms with Crippen molar-refractivity contribution in [2.45, 2.75) is 6.92 Å². The number of phenols is 1. The summed E-state index contributed by atoms with van der Waals surface area (Å²) in [5, 5.41) is 18.9. The molecule has 0 radical (unpaired) electrons. The van der Waals surface area contributed by atoms with E-state index in [1.165, 1.54) is 6.07 Å². The van der Waals surface area contributed by atoms with Gasteiger partial charge in [0.25, 0.3) is 0 Å². The third-order valence-corrected chi connectivity index (χ3v) is 2.21. The molecule has 0 bridgehead atoms. The van der Waals surface area contributed by atoms with Gasteiger partial charge in [-0.15, -0.1) is 0 Å². The molecular weight excluding hydrogens is 182 g/mol. The highest BCUT2D eigenvalue weighted by Gasteiger charge is 2.10. The molecule has 4 heteroatoms. The number of hydrogen-bond acceptors (Lipinski definition) is 2. The summed E-state index contributed by atoms with van der Waals surface area (Å²) in [5.41, 5.74) is 1.44. The van der Waals surface area contributed by atoms with Gasteiger partial charge < -0.3 is 15.2 Å². The van der Waals surface area contributed by atoms with Crippen molar-refractivity contribution in [3.05, 3.63) is 29.5 Å². The first-order valence-corrected chi connectivity index (χ1v) is 4.14. The summed E-state index contributed by atoms with van der Waals surface area (Å²) >= 11 is 0. The van der Waals surface area contributed by atoms with Crippen molar-refractivity contribution in [2.24, 2.45) is 0 Å². The van der Waals surface area contributed by atoms with Crippen LogP contribution >= 0.6 is 0 Å². The first kappa shape index (κ1) is 8.62. The van der Waals surface area contributed by atoms with E-state index in [9.17, 15) is 9.90 Å². The van der Waals surface area contributed by atoms with E-state index in [-0.39, 0.29) is 11.4 Å². The molecule has 2 aromatic rings. The van der Waals surface area contributed by atoms with Gasteiger partial charge in [-0.1, -0.05) is 6.07 Å². The molecule has 0 atom stereocenters. The number of hydrogen-bond donors (Lipinski definition) is 3. The summed E-state index contributed by atoms with van der Waals surface area (Å²) in [7, 11) is 0. The molecule has 1 aromatic carbocycles. The Balaban J connectivity index is 2.77. The average Bonchev–Trinajstić information content (AvgIpc) is 2.56. The lowest BCUT2D eigenvalue weighted by Gasteiger charge is -1.97. The Morgan fingerprint density at radius 3 is 2.79 bits per heavy atom. The van der Waals surface area contributed by atoms with Gasteiger partial charge in [-0.3, -0.25) is 0 Å². The molecule has 0 saturated heterocycles. The van der Waals surface area contributed by atoms with Crippen LogP contribution in [-0.2, 0) is 0 Å². The number of H-pyrrole nitrogens is 1. The van der Waals surface area contributed by atoms with E-state index >= 15 is 0 Å². The van der Waals surface area contributed by atoms with Gasteiger partial charge in [0.1, 0.15) is 11.4 Å². The molecule has 72 valence electrons. The Morgan fingerprint density at radius 1 is 1.43 bits per heavy atom. The van der Waals surface area contributed by atoms with Crippen LogP contribution in [-0.4, -0.2) is 21.2 Å². The third kappa shape index (κ3) is 1.12. The first-order chi connectivity index (χ1) is 6.59. The Hall–Kier alpha value is -1.97. The molecule has 0 aliphatic rings. The van der Waals surface area contributed by atoms with Crippen LogP contribution in [0, 0.1) is 6.92 Å². The van der Waals surface area contributed by atoms with Gasteiger partial charge in [-0.2, -0.15) is 0 Å². The minimum atomic E-state index is -1.03. The number of nitrogens with one attached hydrogen (secondary N) is 1. The van der Waals surface area contributed by atoms with Crippen molar-refractivity contribution in [3.8, 4) is 5.75 Å². The molecule has 2 rings (SSSR count). The van der Waals surface area contributed by atoms with Crippen LogP contribution in [0.5, 0.6) is 5.75 Å². The highest BCUT2D eigenvalue weighted by atomic mass is 16.4. The molecule has 0 aliphatic carbocycles. The number of aromatic amines is 1. The topological polar surface area (TPSA) is 73.3 Å². The summed E-state index contributed by atoms with van der Waals surface area (Å²) in [6, 6.07) is 4.91. The molecule has 3 N–H and O–H groups in total. The van der Waals surface area contributed by atoms with Crippen LogP contribution < -0.4 is 0 Å². The lowest BCUT2D eigenvalue weighted by atomic mass is 10.1. The molecule has 1 heterocycles. The number of rotatable bonds is 1. The number of phenolic OH excluding ortho intramolecular Hbond substituents is 1. The zero-order chi connectivity index (χ0) is 10.3. The SMILES string of the molecule is Cc1ccc2[nH]c(C(=O)O)cc2c1O. The molecule has 14 heavy (non-hydrogen) atoms. The Bertz CT molecular complexity index is 513. The normalized spacial score (nSPS) is 10.6. The van der Waals surface area contributed by atoms with Crippen molar-refractivity contribution in [3.63, 3.8) is 0 Å². The number of carboxylic acid groups (broad SMARTS) is 1. The lowest BCUT2D eigenvalue weighted by molar-refractivity contribution is 0.0691. The molecule has 0 saturated carbocycles. The zero-order valence-corrected chi connectivity index (χ0v) is 7.53. The second-order valence-corrected chi connectivity index (χ2v) is 3.18. The first-order valence-electron chi connectivity index (χ1n) is 4.14. The molecule has 0 amide bonds. The fourth-order valence-corrected chi connectivity index (χ4v) is 1.41. The predicted octanol–water partition coefficient (Wildman–Crippen LogP) is 1.88. The van der Waals surface area contributed by atoms with E-state index in [2.05, 4.69) is 4.98 Å². The van der Waals surface area contributed by atoms with Crippen molar-refractivity contribution in [2.75, 3.05) is 0 Å². The van der Waals surface area contributed by atoms with Crippen molar-refractivity contribution < 1.29 is 15.0 Å². The smallest absolute Gasteiger partial charge is 0.352 e. The van der Waals surface area contributed by atoms with Gasteiger partial charge in [0.05, 0.1) is 0 Å². The largest absolute Gasteiger partial charge is 0.507 e. The molecule has 1 aromatic heterocycles. The van der Waals surface area contributed by atoms with Gasteiger partial charge >= 0.3 is 5.97 Å². The number of aryl methyl sites for hydroxylation is 1. The van der Waals surface area contributed by atoms with Crippen LogP contribution in [0.4, 0.5) is 0 Å². The molecule has 0 unspecified atom stereocenters. The highest BCUT2D eigenvalue weighted by molar-refractivity contribution is 5.96. The van der Waals surface area contributed by atoms with Crippen LogP contribution in [0.25, 0.3) is 10.9 Å². The minimum absolute atomic E-state index is 0.0842. The van der Waals surface area contributed by atoms with Crippen molar-refractivity contribution in [1.29, 1.82) is 0 Å². The quantitative estimate of drug-likeness (QED) is 0.644. The lowest BCUT2D eigenvalue weighted by Crippen LogP contribution is -1.94. The predicted molar refractivity (Wildman–Crippen MR) is 51.7 cm³/mol. The van der Waals surface area contributed by atoms with Gasteiger partial charge in [0, 0.05) is 10.9 Å². The summed E-state index contributed by atoms with van der Waals surface area (Å²) < 4.78 is 0. The monoisotopic (exact) mass is 191 g/mol. The standard InChI is InChI=1S/C10H9NO3/c1-5-2-3-7-6(9(5)12)4-8(11-7)10(13)14/h2-4,11-12H,1H3,(H,13,14). The molecule has 0 spiro atoms. The molecule has 0 fully saturated rings. The Labute approximate surface area is 79.8 Å². The van der Waals surface area contributed by atoms with E-state index in [0.29, 0.717) is 10.9 Å². The zero-order valence-electron chi connectivity index (χ0n) is 7.53. The number of fused-ring (bicyclic) bond motifs is 1. The summed E-state index contributed by atoms with van der Waals surface area (Å²) in [6.45, 7) is 1.77. The van der Waals surface area contributed by atoms with Gasteiger partial charge in [0.2, 0.25) is 0 Å². The maximum absolute atomic E-state index is 10.7. The maximum atomic E-state index is 10.7. The number of aromatic carboxylic acids is 1. The van der Waals surface area contributed by atoms with E-state index < -0.39 is 5.97 Å². The minimum Gasteiger partial charge on any atom is -0.507 e.